The Kier molecular flexibility index (Phi) is 4.86. The van der Waals surface area contributed by atoms with E-state index in [1.54, 1.807) is 0 Å². The van der Waals surface area contributed by atoms with E-state index in [2.05, 4.69) is 13.2 Å². The van der Waals surface area contributed by atoms with E-state index in [-0.39, 0.29) is 5.76 Å². The molecular weight excluding hydrogens is 148 g/mol. The van der Waals surface area contributed by atoms with Crippen LogP contribution < -0.4 is 0 Å². The Balaban J connectivity index is 4.35. The van der Waals surface area contributed by atoms with Crippen molar-refractivity contribution < 1.29 is 5.11 Å². The molecule has 0 saturated heterocycles. The molecule has 0 amide bonds. The molecule has 0 aliphatic rings. The SMILES string of the molecule is C=CC/C=C\C(C)=C(/C)C(=C)O. The van der Waals surface area contributed by atoms with Gasteiger partial charge in [-0.2, -0.15) is 0 Å². The lowest BCUT2D eigenvalue weighted by molar-refractivity contribution is 0.425. The van der Waals surface area contributed by atoms with Crippen molar-refractivity contribution in [3.8, 4) is 0 Å². The Hall–Kier alpha value is -1.24. The molecule has 0 aromatic rings. The van der Waals surface area contributed by atoms with Gasteiger partial charge < -0.3 is 5.11 Å². The third-order valence-corrected chi connectivity index (χ3v) is 1.69. The van der Waals surface area contributed by atoms with Crippen LogP contribution in [0.25, 0.3) is 0 Å². The predicted molar refractivity (Wildman–Crippen MR) is 54.1 cm³/mol. The summed E-state index contributed by atoms with van der Waals surface area (Å²) >= 11 is 0. The minimum absolute atomic E-state index is 0.135. The van der Waals surface area contributed by atoms with Crippen molar-refractivity contribution in [3.63, 3.8) is 0 Å². The number of hydrogen-bond acceptors (Lipinski definition) is 1. The summed E-state index contributed by atoms with van der Waals surface area (Å²) in [5.41, 5.74) is 1.86. The summed E-state index contributed by atoms with van der Waals surface area (Å²) in [5, 5.41) is 9.04. The van der Waals surface area contributed by atoms with Gasteiger partial charge in [-0.25, -0.2) is 0 Å². The number of rotatable bonds is 4. The maximum atomic E-state index is 9.04. The van der Waals surface area contributed by atoms with Crippen molar-refractivity contribution in [2.75, 3.05) is 0 Å². The van der Waals surface area contributed by atoms with Crippen molar-refractivity contribution in [2.24, 2.45) is 0 Å². The molecule has 0 aromatic carbocycles. The first kappa shape index (κ1) is 10.8. The Morgan fingerprint density at radius 3 is 2.42 bits per heavy atom. The molecule has 0 spiro atoms. The largest absolute Gasteiger partial charge is 0.508 e. The number of hydrogen-bond donors (Lipinski definition) is 1. The highest BCUT2D eigenvalue weighted by atomic mass is 16.3. The van der Waals surface area contributed by atoms with E-state index in [1.165, 1.54) is 0 Å². The van der Waals surface area contributed by atoms with Gasteiger partial charge in [-0.1, -0.05) is 24.8 Å². The van der Waals surface area contributed by atoms with Gasteiger partial charge in [-0.05, 0) is 31.4 Å². The summed E-state index contributed by atoms with van der Waals surface area (Å²) in [6.45, 7) is 10.8. The molecule has 0 radical (unpaired) electrons. The topological polar surface area (TPSA) is 20.2 Å². The summed E-state index contributed by atoms with van der Waals surface area (Å²) in [5.74, 6) is 0.135. The molecule has 0 heterocycles. The van der Waals surface area contributed by atoms with E-state index in [9.17, 15) is 0 Å². The Bertz CT molecular complexity index is 231. The van der Waals surface area contributed by atoms with Crippen LogP contribution in [0.4, 0.5) is 0 Å². The molecule has 0 bridgehead atoms. The Labute approximate surface area is 74.4 Å². The second kappa shape index (κ2) is 5.42. The van der Waals surface area contributed by atoms with Crippen LogP contribution in [0.2, 0.25) is 0 Å². The van der Waals surface area contributed by atoms with Crippen LogP contribution in [-0.4, -0.2) is 5.11 Å². The Morgan fingerprint density at radius 1 is 1.42 bits per heavy atom. The molecule has 1 heteroatoms. The van der Waals surface area contributed by atoms with Gasteiger partial charge in [0.15, 0.2) is 0 Å². The number of aliphatic hydroxyl groups excluding tert-OH is 1. The van der Waals surface area contributed by atoms with E-state index in [1.807, 2.05) is 32.1 Å². The molecule has 1 nitrogen and oxygen atoms in total. The molecule has 0 aliphatic heterocycles. The van der Waals surface area contributed by atoms with Crippen LogP contribution in [0.3, 0.4) is 0 Å². The standard InChI is InChI=1S/C11H16O/c1-5-6-7-8-9(2)10(3)11(4)12/h5,7-8,12H,1,4,6H2,2-3H3/b8-7-,10-9+. The fraction of sp³-hybridized carbons (Fsp3) is 0.273. The van der Waals surface area contributed by atoms with Crippen LogP contribution in [0, 0.1) is 0 Å². The van der Waals surface area contributed by atoms with Gasteiger partial charge in [-0.3, -0.25) is 0 Å². The van der Waals surface area contributed by atoms with Gasteiger partial charge in [0.2, 0.25) is 0 Å². The molecule has 0 aliphatic carbocycles. The number of aliphatic hydroxyl groups is 1. The zero-order valence-corrected chi connectivity index (χ0v) is 7.80. The Morgan fingerprint density at radius 2 is 2.00 bits per heavy atom. The van der Waals surface area contributed by atoms with Crippen LogP contribution in [0.15, 0.2) is 48.3 Å². The first-order chi connectivity index (χ1) is 5.59. The molecule has 1 N–H and O–H groups in total. The minimum Gasteiger partial charge on any atom is -0.508 e. The molecule has 0 fully saturated rings. The first-order valence-electron chi connectivity index (χ1n) is 3.92. The lowest BCUT2D eigenvalue weighted by atomic mass is 10.1. The van der Waals surface area contributed by atoms with Gasteiger partial charge in [0, 0.05) is 0 Å². The van der Waals surface area contributed by atoms with E-state index in [0.717, 1.165) is 17.6 Å². The van der Waals surface area contributed by atoms with E-state index in [4.69, 9.17) is 5.11 Å². The van der Waals surface area contributed by atoms with Crippen molar-refractivity contribution in [1.82, 2.24) is 0 Å². The molecule has 0 saturated carbocycles. The maximum absolute atomic E-state index is 9.04. The van der Waals surface area contributed by atoms with E-state index in [0.29, 0.717) is 0 Å². The quantitative estimate of drug-likeness (QED) is 0.383. The zero-order valence-electron chi connectivity index (χ0n) is 7.80. The summed E-state index contributed by atoms with van der Waals surface area (Å²) in [6.07, 6.45) is 6.63. The molecule has 12 heavy (non-hydrogen) atoms. The smallest absolute Gasteiger partial charge is 0.111 e. The van der Waals surface area contributed by atoms with E-state index >= 15 is 0 Å². The third-order valence-electron chi connectivity index (χ3n) is 1.69. The second-order valence-electron chi connectivity index (χ2n) is 2.68. The van der Waals surface area contributed by atoms with Crippen LogP contribution >= 0.6 is 0 Å². The van der Waals surface area contributed by atoms with Crippen molar-refractivity contribution in [3.05, 3.63) is 48.3 Å². The normalized spacial score (nSPS) is 12.8. The number of allylic oxidation sites excluding steroid dienone is 5. The lowest BCUT2D eigenvalue weighted by Gasteiger charge is -2.00. The molecule has 0 rings (SSSR count). The van der Waals surface area contributed by atoms with Gasteiger partial charge in [0.1, 0.15) is 5.76 Å². The second-order valence-corrected chi connectivity index (χ2v) is 2.68. The summed E-state index contributed by atoms with van der Waals surface area (Å²) in [4.78, 5) is 0. The average molecular weight is 164 g/mol. The third kappa shape index (κ3) is 3.81. The van der Waals surface area contributed by atoms with Crippen molar-refractivity contribution >= 4 is 0 Å². The summed E-state index contributed by atoms with van der Waals surface area (Å²) < 4.78 is 0. The van der Waals surface area contributed by atoms with E-state index < -0.39 is 0 Å². The highest BCUT2D eigenvalue weighted by Crippen LogP contribution is 2.10. The minimum atomic E-state index is 0.135. The molecule has 0 atom stereocenters. The summed E-state index contributed by atoms with van der Waals surface area (Å²) in [7, 11) is 0. The molecular formula is C11H16O. The van der Waals surface area contributed by atoms with Gasteiger partial charge in [0.25, 0.3) is 0 Å². The fourth-order valence-corrected chi connectivity index (χ4v) is 0.694. The zero-order chi connectivity index (χ0) is 9.56. The monoisotopic (exact) mass is 164 g/mol. The predicted octanol–water partition coefficient (Wildman–Crippen LogP) is 3.53. The molecule has 66 valence electrons. The van der Waals surface area contributed by atoms with Gasteiger partial charge in [0.05, 0.1) is 0 Å². The average Bonchev–Trinajstić information content (AvgIpc) is 2.03. The highest BCUT2D eigenvalue weighted by molar-refractivity contribution is 5.32. The van der Waals surface area contributed by atoms with Crippen molar-refractivity contribution in [2.45, 2.75) is 20.3 Å². The fourth-order valence-electron chi connectivity index (χ4n) is 0.694. The van der Waals surface area contributed by atoms with Crippen molar-refractivity contribution in [1.29, 1.82) is 0 Å². The lowest BCUT2D eigenvalue weighted by Crippen LogP contribution is -1.84. The molecule has 0 unspecified atom stereocenters. The van der Waals surface area contributed by atoms with Gasteiger partial charge >= 0.3 is 0 Å². The highest BCUT2D eigenvalue weighted by Gasteiger charge is 1.94. The molecule has 0 aromatic heterocycles. The van der Waals surface area contributed by atoms with Gasteiger partial charge in [-0.15, -0.1) is 6.58 Å². The summed E-state index contributed by atoms with van der Waals surface area (Å²) in [6, 6.07) is 0. The van der Waals surface area contributed by atoms with Crippen LogP contribution in [0.5, 0.6) is 0 Å². The van der Waals surface area contributed by atoms with Crippen LogP contribution in [-0.2, 0) is 0 Å². The van der Waals surface area contributed by atoms with Crippen LogP contribution in [0.1, 0.15) is 20.3 Å². The maximum Gasteiger partial charge on any atom is 0.111 e. The first-order valence-corrected chi connectivity index (χ1v) is 3.92.